The monoisotopic (exact) mass is 355 g/mol. The second kappa shape index (κ2) is 6.15. The zero-order valence-corrected chi connectivity index (χ0v) is 12.9. The van der Waals surface area contributed by atoms with Gasteiger partial charge in [0.25, 0.3) is 0 Å². The number of rotatable bonds is 3. The molecule has 104 valence electrons. The molecule has 2 N–H and O–H groups in total. The number of anilines is 1. The minimum absolute atomic E-state index is 0.363. The molecule has 0 amide bonds. The van der Waals surface area contributed by atoms with Gasteiger partial charge in [-0.15, -0.1) is 0 Å². The normalized spacial score (nSPS) is 10.2. The van der Waals surface area contributed by atoms with Gasteiger partial charge in [-0.1, -0.05) is 11.6 Å². The van der Waals surface area contributed by atoms with E-state index in [1.807, 2.05) is 0 Å². The molecule has 0 aliphatic heterocycles. The van der Waals surface area contributed by atoms with Crippen molar-refractivity contribution in [1.29, 1.82) is 0 Å². The Morgan fingerprint density at radius 1 is 1.20 bits per heavy atom. The lowest BCUT2D eigenvalue weighted by Crippen LogP contribution is -2.02. The van der Waals surface area contributed by atoms with Crippen molar-refractivity contribution in [3.63, 3.8) is 0 Å². The Hall–Kier alpha value is -1.72. The molecule has 0 unspecified atom stereocenters. The summed E-state index contributed by atoms with van der Waals surface area (Å²) in [7, 11) is 1.31. The molecule has 0 radical (unpaired) electrons. The number of nitrogen functional groups attached to an aromatic ring is 1. The van der Waals surface area contributed by atoms with Crippen molar-refractivity contribution in [3.05, 3.63) is 51.5 Å². The van der Waals surface area contributed by atoms with Crippen LogP contribution in [0.25, 0.3) is 0 Å². The number of esters is 1. The second-order valence-corrected chi connectivity index (χ2v) is 5.21. The summed E-state index contributed by atoms with van der Waals surface area (Å²) in [4.78, 5) is 11.5. The van der Waals surface area contributed by atoms with E-state index >= 15 is 0 Å². The molecule has 2 aromatic rings. The third-order valence-corrected chi connectivity index (χ3v) is 3.40. The lowest BCUT2D eigenvalue weighted by atomic mass is 10.2. The van der Waals surface area contributed by atoms with Gasteiger partial charge in [-0.05, 0) is 52.3 Å². The van der Waals surface area contributed by atoms with Gasteiger partial charge in [-0.25, -0.2) is 4.79 Å². The van der Waals surface area contributed by atoms with E-state index in [1.165, 1.54) is 13.2 Å². The van der Waals surface area contributed by atoms with Gasteiger partial charge in [-0.2, -0.15) is 0 Å². The lowest BCUT2D eigenvalue weighted by molar-refractivity contribution is 0.0600. The van der Waals surface area contributed by atoms with Crippen LogP contribution in [0.1, 0.15) is 10.4 Å². The molecule has 0 aliphatic carbocycles. The summed E-state index contributed by atoms with van der Waals surface area (Å²) < 4.78 is 11.0. The predicted molar refractivity (Wildman–Crippen MR) is 81.4 cm³/mol. The van der Waals surface area contributed by atoms with Gasteiger partial charge in [-0.3, -0.25) is 0 Å². The Morgan fingerprint density at radius 2 is 1.95 bits per heavy atom. The maximum Gasteiger partial charge on any atom is 0.337 e. The average molecular weight is 357 g/mol. The zero-order chi connectivity index (χ0) is 14.7. The third-order valence-electron chi connectivity index (χ3n) is 2.55. The number of hydrogen-bond donors (Lipinski definition) is 1. The Balaban J connectivity index is 2.35. The van der Waals surface area contributed by atoms with Crippen molar-refractivity contribution < 1.29 is 14.3 Å². The van der Waals surface area contributed by atoms with Crippen LogP contribution >= 0.6 is 27.5 Å². The first-order valence-electron chi connectivity index (χ1n) is 5.62. The molecular formula is C14H11BrClNO3. The highest BCUT2D eigenvalue weighted by Crippen LogP contribution is 2.34. The number of nitrogens with two attached hydrogens (primary N) is 1. The molecule has 0 saturated heterocycles. The molecule has 0 atom stereocenters. The van der Waals surface area contributed by atoms with Crippen LogP contribution in [0.3, 0.4) is 0 Å². The van der Waals surface area contributed by atoms with Crippen LogP contribution in [0, 0.1) is 0 Å². The maximum absolute atomic E-state index is 11.5. The van der Waals surface area contributed by atoms with Crippen molar-refractivity contribution in [2.45, 2.75) is 0 Å². The van der Waals surface area contributed by atoms with E-state index in [4.69, 9.17) is 22.1 Å². The first-order chi connectivity index (χ1) is 9.51. The van der Waals surface area contributed by atoms with E-state index in [1.54, 1.807) is 30.3 Å². The molecule has 20 heavy (non-hydrogen) atoms. The Morgan fingerprint density at radius 3 is 2.60 bits per heavy atom. The fourth-order valence-electron chi connectivity index (χ4n) is 1.54. The van der Waals surface area contributed by atoms with Crippen molar-refractivity contribution in [2.75, 3.05) is 12.8 Å². The summed E-state index contributed by atoms with van der Waals surface area (Å²) in [6.45, 7) is 0. The van der Waals surface area contributed by atoms with Gasteiger partial charge in [0.1, 0.15) is 5.75 Å². The van der Waals surface area contributed by atoms with Gasteiger partial charge in [0, 0.05) is 5.02 Å². The molecule has 4 nitrogen and oxygen atoms in total. The molecule has 2 aromatic carbocycles. The molecule has 0 fully saturated rings. The van der Waals surface area contributed by atoms with E-state index in [0.29, 0.717) is 32.2 Å². The third kappa shape index (κ3) is 3.23. The highest BCUT2D eigenvalue weighted by atomic mass is 79.9. The predicted octanol–water partition coefficient (Wildman–Crippen LogP) is 4.26. The minimum Gasteiger partial charge on any atom is -0.465 e. The fourth-order valence-corrected chi connectivity index (χ4v) is 2.31. The van der Waals surface area contributed by atoms with Gasteiger partial charge in [0.15, 0.2) is 5.75 Å². The van der Waals surface area contributed by atoms with Crippen molar-refractivity contribution in [2.24, 2.45) is 0 Å². The summed E-state index contributed by atoms with van der Waals surface area (Å²) >= 11 is 9.21. The molecule has 0 saturated carbocycles. The molecule has 6 heteroatoms. The minimum atomic E-state index is -0.454. The number of ether oxygens (including phenoxy) is 2. The van der Waals surface area contributed by atoms with Crippen LogP contribution in [-0.2, 0) is 4.74 Å². The number of benzene rings is 2. The Labute approximate surface area is 129 Å². The van der Waals surface area contributed by atoms with Gasteiger partial charge in [0.05, 0.1) is 22.8 Å². The second-order valence-electron chi connectivity index (χ2n) is 3.92. The Bertz CT molecular complexity index is 661. The van der Waals surface area contributed by atoms with Crippen molar-refractivity contribution in [3.8, 4) is 11.5 Å². The zero-order valence-electron chi connectivity index (χ0n) is 10.5. The van der Waals surface area contributed by atoms with Crippen LogP contribution in [0.15, 0.2) is 40.9 Å². The van der Waals surface area contributed by atoms with E-state index in [0.717, 1.165) is 0 Å². The van der Waals surface area contributed by atoms with Gasteiger partial charge >= 0.3 is 5.97 Å². The van der Waals surface area contributed by atoms with E-state index in [2.05, 4.69) is 20.7 Å². The topological polar surface area (TPSA) is 61.5 Å². The lowest BCUT2D eigenvalue weighted by Gasteiger charge is -2.11. The van der Waals surface area contributed by atoms with E-state index in [9.17, 15) is 4.79 Å². The van der Waals surface area contributed by atoms with E-state index in [-0.39, 0.29) is 0 Å². The van der Waals surface area contributed by atoms with Crippen LogP contribution < -0.4 is 10.5 Å². The SMILES string of the molecule is COC(=O)c1ccc(N)c(Oc2ccc(Cl)cc2Br)c1. The number of carbonyl (C=O) groups excluding carboxylic acids is 1. The summed E-state index contributed by atoms with van der Waals surface area (Å²) in [6, 6.07) is 9.80. The number of hydrogen-bond acceptors (Lipinski definition) is 4. The summed E-state index contributed by atoms with van der Waals surface area (Å²) in [5.74, 6) is 0.462. The molecular weight excluding hydrogens is 346 g/mol. The molecule has 0 spiro atoms. The first-order valence-corrected chi connectivity index (χ1v) is 6.79. The van der Waals surface area contributed by atoms with Crippen LogP contribution in [-0.4, -0.2) is 13.1 Å². The summed E-state index contributed by atoms with van der Waals surface area (Å²) in [6.07, 6.45) is 0. The molecule has 0 heterocycles. The highest BCUT2D eigenvalue weighted by Gasteiger charge is 2.11. The molecule has 0 bridgehead atoms. The van der Waals surface area contributed by atoms with E-state index < -0.39 is 5.97 Å². The average Bonchev–Trinajstić information content (AvgIpc) is 2.43. The standard InChI is InChI=1S/C14H11BrClNO3/c1-19-14(18)8-2-4-11(17)13(6-8)20-12-5-3-9(16)7-10(12)15/h2-7H,17H2,1H3. The molecule has 0 aliphatic rings. The van der Waals surface area contributed by atoms with Crippen LogP contribution in [0.2, 0.25) is 5.02 Å². The molecule has 0 aromatic heterocycles. The molecule has 2 rings (SSSR count). The largest absolute Gasteiger partial charge is 0.465 e. The quantitative estimate of drug-likeness (QED) is 0.659. The fraction of sp³-hybridized carbons (Fsp3) is 0.0714. The first kappa shape index (κ1) is 14.7. The maximum atomic E-state index is 11.5. The highest BCUT2D eigenvalue weighted by molar-refractivity contribution is 9.10. The van der Waals surface area contributed by atoms with Crippen molar-refractivity contribution in [1.82, 2.24) is 0 Å². The Kier molecular flexibility index (Phi) is 4.52. The van der Waals surface area contributed by atoms with Gasteiger partial charge in [0.2, 0.25) is 0 Å². The number of carbonyl (C=O) groups is 1. The smallest absolute Gasteiger partial charge is 0.337 e. The summed E-state index contributed by atoms with van der Waals surface area (Å²) in [5.41, 5.74) is 6.62. The number of methoxy groups -OCH3 is 1. The summed E-state index contributed by atoms with van der Waals surface area (Å²) in [5, 5.41) is 0.584. The van der Waals surface area contributed by atoms with Crippen molar-refractivity contribution >= 4 is 39.2 Å². The van der Waals surface area contributed by atoms with Crippen LogP contribution in [0.4, 0.5) is 5.69 Å². The number of halogens is 2. The van der Waals surface area contributed by atoms with Crippen LogP contribution in [0.5, 0.6) is 11.5 Å². The van der Waals surface area contributed by atoms with Gasteiger partial charge < -0.3 is 15.2 Å².